The molecule has 0 spiro atoms. The number of hydrogen-bond acceptors (Lipinski definition) is 2. The van der Waals surface area contributed by atoms with E-state index >= 15 is 0 Å². The normalized spacial score (nSPS) is 13.6. The molecule has 1 atom stereocenters. The quantitative estimate of drug-likeness (QED) is 0.724. The van der Waals surface area contributed by atoms with E-state index in [1.54, 1.807) is 0 Å². The van der Waals surface area contributed by atoms with Crippen molar-refractivity contribution in [2.24, 2.45) is 0 Å². The molecule has 94 valence electrons. The maximum Gasteiger partial charge on any atom is 0.514 e. The Hall–Kier alpha value is -0.720. The fraction of sp³-hybridized carbons (Fsp3) is 0.571. The van der Waals surface area contributed by atoms with Crippen LogP contribution in [0.15, 0.2) is 24.3 Å². The van der Waals surface area contributed by atoms with Gasteiger partial charge in [-0.2, -0.15) is 0 Å². The number of hydrogen-bond donors (Lipinski definition) is 0. The summed E-state index contributed by atoms with van der Waals surface area (Å²) in [5, 5.41) is -0.322. The van der Waals surface area contributed by atoms with E-state index in [9.17, 15) is 4.57 Å². The second kappa shape index (κ2) is 4.88. The van der Waals surface area contributed by atoms with Gasteiger partial charge in [-0.3, -0.25) is 0 Å². The highest BCUT2D eigenvalue weighted by molar-refractivity contribution is 7.41. The Morgan fingerprint density at radius 2 is 1.47 bits per heavy atom. The SMILES string of the molecule is Cc1ccc(C(C)(C)O[P+](=O)C(C)(C)C)cc1. The molecule has 1 unspecified atom stereocenters. The molecule has 0 N–H and O–H groups in total. The Balaban J connectivity index is 2.89. The topological polar surface area (TPSA) is 26.3 Å². The molecule has 0 radical (unpaired) electrons. The monoisotopic (exact) mass is 253 g/mol. The van der Waals surface area contributed by atoms with E-state index in [1.165, 1.54) is 5.56 Å². The van der Waals surface area contributed by atoms with Crippen molar-refractivity contribution < 1.29 is 9.09 Å². The van der Waals surface area contributed by atoms with Gasteiger partial charge >= 0.3 is 8.03 Å². The minimum Gasteiger partial charge on any atom is -0.135 e. The van der Waals surface area contributed by atoms with Crippen molar-refractivity contribution in [3.8, 4) is 0 Å². The molecule has 0 aliphatic rings. The maximum atomic E-state index is 12.0. The summed E-state index contributed by atoms with van der Waals surface area (Å²) in [7, 11) is -1.69. The zero-order valence-corrected chi connectivity index (χ0v) is 12.5. The van der Waals surface area contributed by atoms with Gasteiger partial charge in [-0.1, -0.05) is 29.8 Å². The van der Waals surface area contributed by atoms with Crippen LogP contribution in [0.2, 0.25) is 0 Å². The lowest BCUT2D eigenvalue weighted by Crippen LogP contribution is -2.22. The van der Waals surface area contributed by atoms with Crippen molar-refractivity contribution in [3.63, 3.8) is 0 Å². The van der Waals surface area contributed by atoms with Crippen LogP contribution in [0.3, 0.4) is 0 Å². The van der Waals surface area contributed by atoms with E-state index < -0.39 is 13.6 Å². The first-order chi connectivity index (χ1) is 7.63. The molecule has 0 bridgehead atoms. The highest BCUT2D eigenvalue weighted by atomic mass is 31.1. The summed E-state index contributed by atoms with van der Waals surface area (Å²) < 4.78 is 17.8. The van der Waals surface area contributed by atoms with E-state index in [2.05, 4.69) is 0 Å². The van der Waals surface area contributed by atoms with Gasteiger partial charge in [0, 0.05) is 0 Å². The van der Waals surface area contributed by atoms with Gasteiger partial charge in [0.2, 0.25) is 0 Å². The molecule has 0 amide bonds. The van der Waals surface area contributed by atoms with Crippen LogP contribution in [-0.2, 0) is 14.7 Å². The van der Waals surface area contributed by atoms with E-state index in [1.807, 2.05) is 65.8 Å². The molecule has 1 aromatic carbocycles. The average molecular weight is 253 g/mol. The molecule has 17 heavy (non-hydrogen) atoms. The van der Waals surface area contributed by atoms with Crippen LogP contribution in [-0.4, -0.2) is 5.16 Å². The largest absolute Gasteiger partial charge is 0.514 e. The fourth-order valence-corrected chi connectivity index (χ4v) is 2.15. The van der Waals surface area contributed by atoms with Crippen molar-refractivity contribution in [3.05, 3.63) is 35.4 Å². The molecule has 0 saturated carbocycles. The summed E-state index contributed by atoms with van der Waals surface area (Å²) in [5.74, 6) is 0. The molecule has 0 fully saturated rings. The number of aryl methyl sites for hydroxylation is 1. The van der Waals surface area contributed by atoms with Crippen LogP contribution in [0.4, 0.5) is 0 Å². The first-order valence-electron chi connectivity index (χ1n) is 5.86. The van der Waals surface area contributed by atoms with Gasteiger partial charge in [0.05, 0.1) is 0 Å². The van der Waals surface area contributed by atoms with Crippen molar-refractivity contribution >= 4 is 8.03 Å². The van der Waals surface area contributed by atoms with Crippen molar-refractivity contribution in [2.45, 2.75) is 52.3 Å². The predicted molar refractivity (Wildman–Crippen MR) is 72.6 cm³/mol. The van der Waals surface area contributed by atoms with Crippen molar-refractivity contribution in [1.82, 2.24) is 0 Å². The fourth-order valence-electron chi connectivity index (χ4n) is 1.35. The lowest BCUT2D eigenvalue weighted by Gasteiger charge is -2.20. The van der Waals surface area contributed by atoms with Crippen LogP contribution < -0.4 is 0 Å². The summed E-state index contributed by atoms with van der Waals surface area (Å²) in [5.41, 5.74) is 1.74. The van der Waals surface area contributed by atoms with E-state index in [0.29, 0.717) is 0 Å². The first kappa shape index (κ1) is 14.3. The Bertz CT molecular complexity index is 399. The molecule has 0 heterocycles. The molecule has 0 saturated heterocycles. The molecular weight excluding hydrogens is 231 g/mol. The van der Waals surface area contributed by atoms with Gasteiger partial charge in [-0.05, 0) is 51.7 Å². The van der Waals surface area contributed by atoms with Crippen LogP contribution in [0.5, 0.6) is 0 Å². The third-order valence-corrected chi connectivity index (χ3v) is 4.32. The van der Waals surface area contributed by atoms with E-state index in [0.717, 1.165) is 5.56 Å². The first-order valence-corrected chi connectivity index (χ1v) is 7.04. The highest BCUT2D eigenvalue weighted by Crippen LogP contribution is 2.45. The molecule has 0 aliphatic carbocycles. The zero-order chi connectivity index (χ0) is 13.3. The van der Waals surface area contributed by atoms with Crippen molar-refractivity contribution in [1.29, 1.82) is 0 Å². The lowest BCUT2D eigenvalue weighted by molar-refractivity contribution is 0.116. The third-order valence-electron chi connectivity index (χ3n) is 2.61. The molecule has 2 nitrogen and oxygen atoms in total. The lowest BCUT2D eigenvalue weighted by atomic mass is 9.98. The summed E-state index contributed by atoms with van der Waals surface area (Å²) in [4.78, 5) is 0. The molecule has 0 aliphatic heterocycles. The van der Waals surface area contributed by atoms with Crippen LogP contribution in [0, 0.1) is 6.92 Å². The van der Waals surface area contributed by atoms with Gasteiger partial charge in [-0.15, -0.1) is 4.52 Å². The van der Waals surface area contributed by atoms with Crippen molar-refractivity contribution in [2.75, 3.05) is 0 Å². The molecule has 0 aromatic heterocycles. The maximum absolute atomic E-state index is 12.0. The van der Waals surface area contributed by atoms with Gasteiger partial charge < -0.3 is 0 Å². The molecule has 1 rings (SSSR count). The summed E-state index contributed by atoms with van der Waals surface area (Å²) in [6.07, 6.45) is 0. The third kappa shape index (κ3) is 3.90. The second-order valence-corrected chi connectivity index (χ2v) is 7.93. The van der Waals surface area contributed by atoms with E-state index in [-0.39, 0.29) is 5.16 Å². The molecular formula is C14H22O2P+. The molecule has 1 aromatic rings. The van der Waals surface area contributed by atoms with E-state index in [4.69, 9.17) is 4.52 Å². The van der Waals surface area contributed by atoms with Crippen LogP contribution in [0.1, 0.15) is 45.7 Å². The number of benzene rings is 1. The van der Waals surface area contributed by atoms with Crippen LogP contribution >= 0.6 is 8.03 Å². The van der Waals surface area contributed by atoms with Gasteiger partial charge in [-0.25, -0.2) is 0 Å². The van der Waals surface area contributed by atoms with Gasteiger partial charge in [0.1, 0.15) is 5.60 Å². The smallest absolute Gasteiger partial charge is 0.135 e. The Morgan fingerprint density at radius 3 is 1.88 bits per heavy atom. The second-order valence-electron chi connectivity index (χ2n) is 5.90. The average Bonchev–Trinajstić information content (AvgIpc) is 2.16. The highest BCUT2D eigenvalue weighted by Gasteiger charge is 2.42. The Labute approximate surface area is 105 Å². The zero-order valence-electron chi connectivity index (χ0n) is 11.6. The number of rotatable bonds is 3. The standard InChI is InChI=1S/C14H22O2P/c1-11-7-9-12(10-8-11)14(5,6)16-17(15)13(2,3)4/h7-10H,1-6H3/q+1. The minimum atomic E-state index is -1.69. The molecule has 3 heteroatoms. The van der Waals surface area contributed by atoms with Gasteiger partial charge in [0.25, 0.3) is 0 Å². The van der Waals surface area contributed by atoms with Gasteiger partial charge in [0.15, 0.2) is 5.16 Å². The minimum absolute atomic E-state index is 0.322. The summed E-state index contributed by atoms with van der Waals surface area (Å²) in [6.45, 7) is 11.7. The predicted octanol–water partition coefficient (Wildman–Crippen LogP) is 4.79. The Kier molecular flexibility index (Phi) is 4.11. The Morgan fingerprint density at radius 1 is 1.00 bits per heavy atom. The summed E-state index contributed by atoms with van der Waals surface area (Å²) >= 11 is 0. The summed E-state index contributed by atoms with van der Waals surface area (Å²) in [6, 6.07) is 8.15. The van der Waals surface area contributed by atoms with Crippen LogP contribution in [0.25, 0.3) is 0 Å².